The van der Waals surface area contributed by atoms with Crippen molar-refractivity contribution in [1.29, 1.82) is 5.41 Å². The van der Waals surface area contributed by atoms with Gasteiger partial charge in [-0.15, -0.1) is 0 Å². The first kappa shape index (κ1) is 14.1. The highest BCUT2D eigenvalue weighted by Gasteiger charge is 2.28. The zero-order valence-electron chi connectivity index (χ0n) is 11.2. The average molecular weight is 372 g/mol. The topological polar surface area (TPSA) is 51.9 Å². The minimum atomic E-state index is 0.271. The van der Waals surface area contributed by atoms with E-state index in [0.717, 1.165) is 23.6 Å². The van der Waals surface area contributed by atoms with Gasteiger partial charge in [-0.3, -0.25) is 8.52 Å². The number of rotatable bonds is 2. The number of guanidine groups is 1. The van der Waals surface area contributed by atoms with Gasteiger partial charge in [0.2, 0.25) is 5.96 Å². The summed E-state index contributed by atoms with van der Waals surface area (Å²) in [6, 6.07) is 7.87. The molecule has 6 heteroatoms. The second-order valence-electron chi connectivity index (χ2n) is 4.47. The Morgan fingerprint density at radius 2 is 2.21 bits per heavy atom. The normalized spacial score (nSPS) is 18.2. The molecule has 1 aromatic rings. The molecule has 1 aliphatic heterocycles. The zero-order valence-corrected chi connectivity index (χ0v) is 13.4. The molecule has 0 radical (unpaired) electrons. The Balaban J connectivity index is 2.34. The molecular weight excluding hydrogens is 355 g/mol. The summed E-state index contributed by atoms with van der Waals surface area (Å²) >= 11 is 2.07. The maximum Gasteiger partial charge on any atom is 0.223 e. The van der Waals surface area contributed by atoms with Crippen molar-refractivity contribution in [2.24, 2.45) is 11.0 Å². The molecule has 0 aliphatic carbocycles. The van der Waals surface area contributed by atoms with Crippen molar-refractivity contribution >= 4 is 34.5 Å². The third-order valence-corrected chi connectivity index (χ3v) is 3.52. The molecule has 1 heterocycles. The Morgan fingerprint density at radius 3 is 2.84 bits per heavy atom. The monoisotopic (exact) mass is 372 g/mol. The molecule has 0 bridgehead atoms. The van der Waals surface area contributed by atoms with Crippen LogP contribution in [0.15, 0.2) is 29.4 Å². The molecule has 19 heavy (non-hydrogen) atoms. The lowest BCUT2D eigenvalue weighted by molar-refractivity contribution is 0.413. The fourth-order valence-electron chi connectivity index (χ4n) is 2.08. The molecule has 5 nitrogen and oxygen atoms in total. The standard InChI is InChI=1S/C13H17IN4O/c1-9-8-18(13(15)17(2)14)16-12(9)10-6-4-5-7-11(10)19-3/h4-7,9,15H,8H2,1-3H3. The van der Waals surface area contributed by atoms with Crippen molar-refractivity contribution in [3.8, 4) is 5.75 Å². The predicted octanol–water partition coefficient (Wildman–Crippen LogP) is 2.57. The van der Waals surface area contributed by atoms with Crippen LogP contribution < -0.4 is 4.74 Å². The van der Waals surface area contributed by atoms with Crippen molar-refractivity contribution in [2.75, 3.05) is 20.7 Å². The first-order chi connectivity index (χ1) is 9.04. The van der Waals surface area contributed by atoms with Crippen LogP contribution in [0.5, 0.6) is 5.75 Å². The Hall–Kier alpha value is -1.31. The number of hydrazone groups is 1. The Kier molecular flexibility index (Phi) is 4.28. The zero-order chi connectivity index (χ0) is 14.0. The van der Waals surface area contributed by atoms with Gasteiger partial charge in [0.05, 0.1) is 42.2 Å². The summed E-state index contributed by atoms with van der Waals surface area (Å²) in [5.41, 5.74) is 1.98. The van der Waals surface area contributed by atoms with E-state index < -0.39 is 0 Å². The predicted molar refractivity (Wildman–Crippen MR) is 84.9 cm³/mol. The molecule has 1 unspecified atom stereocenters. The Bertz CT molecular complexity index is 515. The van der Waals surface area contributed by atoms with Crippen LogP contribution in [0.2, 0.25) is 0 Å². The van der Waals surface area contributed by atoms with Gasteiger partial charge in [-0.05, 0) is 12.1 Å². The van der Waals surface area contributed by atoms with Gasteiger partial charge < -0.3 is 4.74 Å². The van der Waals surface area contributed by atoms with E-state index in [1.165, 1.54) is 0 Å². The van der Waals surface area contributed by atoms with Crippen molar-refractivity contribution < 1.29 is 4.74 Å². The number of nitrogens with zero attached hydrogens (tertiary/aromatic N) is 3. The van der Waals surface area contributed by atoms with Crippen LogP contribution in [0.4, 0.5) is 0 Å². The quantitative estimate of drug-likeness (QED) is 0.376. The van der Waals surface area contributed by atoms with Crippen LogP contribution in [-0.4, -0.2) is 40.5 Å². The first-order valence-corrected chi connectivity index (χ1v) is 6.98. The van der Waals surface area contributed by atoms with E-state index in [1.807, 2.05) is 31.3 Å². The third kappa shape index (κ3) is 2.83. The SMILES string of the molecule is COc1ccccc1C1=NN(C(=N)N(C)I)CC1C. The molecule has 2 rings (SSSR count). The number of benzene rings is 1. The van der Waals surface area contributed by atoms with E-state index in [9.17, 15) is 0 Å². The number of ether oxygens (including phenoxy) is 1. The minimum Gasteiger partial charge on any atom is -0.496 e. The van der Waals surface area contributed by atoms with Crippen molar-refractivity contribution in [2.45, 2.75) is 6.92 Å². The summed E-state index contributed by atoms with van der Waals surface area (Å²) < 4.78 is 7.11. The van der Waals surface area contributed by atoms with Gasteiger partial charge in [0, 0.05) is 18.5 Å². The van der Waals surface area contributed by atoms with Gasteiger partial charge in [-0.1, -0.05) is 19.1 Å². The number of hydrogen-bond acceptors (Lipinski definition) is 3. The first-order valence-electron chi connectivity index (χ1n) is 6.02. The highest BCUT2D eigenvalue weighted by Crippen LogP contribution is 2.26. The summed E-state index contributed by atoms with van der Waals surface area (Å²) in [7, 11) is 3.50. The van der Waals surface area contributed by atoms with Crippen molar-refractivity contribution in [1.82, 2.24) is 8.12 Å². The molecule has 0 spiro atoms. The summed E-state index contributed by atoms with van der Waals surface area (Å²) in [6.07, 6.45) is 0. The van der Waals surface area contributed by atoms with Crippen molar-refractivity contribution in [3.05, 3.63) is 29.8 Å². The lowest BCUT2D eigenvalue weighted by atomic mass is 9.99. The van der Waals surface area contributed by atoms with Gasteiger partial charge in [-0.2, -0.15) is 5.10 Å². The van der Waals surface area contributed by atoms with E-state index in [1.54, 1.807) is 15.2 Å². The second kappa shape index (κ2) is 5.77. The number of nitrogens with one attached hydrogen (secondary N) is 1. The third-order valence-electron chi connectivity index (χ3n) is 3.06. The van der Waals surface area contributed by atoms with E-state index in [4.69, 9.17) is 10.1 Å². The van der Waals surface area contributed by atoms with Crippen molar-refractivity contribution in [3.63, 3.8) is 0 Å². The van der Waals surface area contributed by atoms with Gasteiger partial charge in [0.25, 0.3) is 0 Å². The highest BCUT2D eigenvalue weighted by atomic mass is 127. The molecule has 0 saturated carbocycles. The smallest absolute Gasteiger partial charge is 0.223 e. The maximum absolute atomic E-state index is 7.99. The number of halogens is 1. The van der Waals surface area contributed by atoms with Gasteiger partial charge in [-0.25, -0.2) is 5.01 Å². The molecule has 0 aromatic heterocycles. The number of para-hydroxylation sites is 1. The van der Waals surface area contributed by atoms with Crippen LogP contribution >= 0.6 is 22.9 Å². The maximum atomic E-state index is 7.99. The molecule has 102 valence electrons. The summed E-state index contributed by atoms with van der Waals surface area (Å²) in [4.78, 5) is 0. The molecular formula is C13H17IN4O. The fraction of sp³-hybridized carbons (Fsp3) is 0.385. The molecule has 1 aromatic carbocycles. The lowest BCUT2D eigenvalue weighted by Crippen LogP contribution is -2.32. The Morgan fingerprint density at radius 1 is 1.53 bits per heavy atom. The molecule has 1 aliphatic rings. The van der Waals surface area contributed by atoms with E-state index >= 15 is 0 Å². The summed E-state index contributed by atoms with van der Waals surface area (Å²) in [6.45, 7) is 2.84. The molecule has 1 N–H and O–H groups in total. The summed E-state index contributed by atoms with van der Waals surface area (Å²) in [5.74, 6) is 1.48. The van der Waals surface area contributed by atoms with Crippen LogP contribution in [-0.2, 0) is 0 Å². The average Bonchev–Trinajstić information content (AvgIpc) is 2.79. The summed E-state index contributed by atoms with van der Waals surface area (Å²) in [5, 5.41) is 14.3. The minimum absolute atomic E-state index is 0.271. The lowest BCUT2D eigenvalue weighted by Gasteiger charge is -2.19. The van der Waals surface area contributed by atoms with E-state index in [0.29, 0.717) is 5.96 Å². The van der Waals surface area contributed by atoms with Crippen LogP contribution in [0.3, 0.4) is 0 Å². The highest BCUT2D eigenvalue weighted by molar-refractivity contribution is 14.1. The van der Waals surface area contributed by atoms with Gasteiger partial charge >= 0.3 is 0 Å². The van der Waals surface area contributed by atoms with E-state index in [2.05, 4.69) is 34.9 Å². The van der Waals surface area contributed by atoms with E-state index in [-0.39, 0.29) is 5.92 Å². The largest absolute Gasteiger partial charge is 0.496 e. The fourth-order valence-corrected chi connectivity index (χ4v) is 2.33. The molecule has 0 amide bonds. The van der Waals surface area contributed by atoms with Crippen LogP contribution in [0.1, 0.15) is 12.5 Å². The Labute approximate surface area is 127 Å². The van der Waals surface area contributed by atoms with Crippen LogP contribution in [0, 0.1) is 11.3 Å². The van der Waals surface area contributed by atoms with Crippen LogP contribution in [0.25, 0.3) is 0 Å². The second-order valence-corrected chi connectivity index (χ2v) is 5.92. The van der Waals surface area contributed by atoms with Gasteiger partial charge in [0.1, 0.15) is 5.75 Å². The molecule has 0 fully saturated rings. The molecule has 0 saturated heterocycles. The van der Waals surface area contributed by atoms with Gasteiger partial charge in [0.15, 0.2) is 0 Å². The molecule has 1 atom stereocenters. The number of methoxy groups -OCH3 is 1. The number of hydrogen-bond donors (Lipinski definition) is 1.